The Balaban J connectivity index is 2.54. The summed E-state index contributed by atoms with van der Waals surface area (Å²) in [5.41, 5.74) is -1.000. The molecule has 0 amide bonds. The molecule has 0 aliphatic carbocycles. The molecule has 2 N–H and O–H groups in total. The van der Waals surface area contributed by atoms with Gasteiger partial charge in [-0.05, 0) is 6.07 Å². The van der Waals surface area contributed by atoms with Crippen molar-refractivity contribution >= 4 is 16.9 Å². The molecule has 7 heteroatoms. The Kier molecular flexibility index (Phi) is 2.56. The summed E-state index contributed by atoms with van der Waals surface area (Å²) in [5, 5.41) is 19.4. The molecule has 0 radical (unpaired) electrons. The van der Waals surface area contributed by atoms with Gasteiger partial charge in [0.05, 0.1) is 19.2 Å². The second-order valence-electron chi connectivity index (χ2n) is 4.36. The van der Waals surface area contributed by atoms with E-state index in [1.165, 1.54) is 17.7 Å². The number of benzene rings is 1. The quantitative estimate of drug-likeness (QED) is 0.842. The molecule has 0 saturated carbocycles. The predicted molar refractivity (Wildman–Crippen MR) is 68.9 cm³/mol. The lowest BCUT2D eigenvalue weighted by Crippen LogP contribution is -2.31. The van der Waals surface area contributed by atoms with Gasteiger partial charge in [-0.3, -0.25) is 4.79 Å². The van der Waals surface area contributed by atoms with E-state index in [4.69, 9.17) is 14.6 Å². The average Bonchev–Trinajstić information content (AvgIpc) is 2.43. The number of ether oxygens (including phenoxy) is 2. The number of nitrogens with zero attached hydrogens (tertiary/aromatic N) is 1. The lowest BCUT2D eigenvalue weighted by atomic mass is 10.1. The van der Waals surface area contributed by atoms with Gasteiger partial charge < -0.3 is 24.3 Å². The number of hydrogen-bond donors (Lipinski definition) is 2. The Labute approximate surface area is 112 Å². The molecule has 1 aliphatic rings. The largest absolute Gasteiger partial charge is 0.506 e. The highest BCUT2D eigenvalue weighted by Crippen LogP contribution is 2.37. The molecule has 2 aromatic rings. The van der Waals surface area contributed by atoms with Crippen molar-refractivity contribution in [2.24, 2.45) is 0 Å². The Morgan fingerprint density at radius 2 is 2.20 bits per heavy atom. The number of aromatic hydroxyl groups is 1. The van der Waals surface area contributed by atoms with Crippen molar-refractivity contribution < 1.29 is 24.5 Å². The highest BCUT2D eigenvalue weighted by atomic mass is 16.5. The zero-order valence-corrected chi connectivity index (χ0v) is 10.5. The second kappa shape index (κ2) is 4.16. The molecule has 0 unspecified atom stereocenters. The van der Waals surface area contributed by atoms with Crippen LogP contribution in [0.2, 0.25) is 0 Å². The number of carboxylic acid groups (broad SMARTS) is 1. The maximum absolute atomic E-state index is 12.2. The van der Waals surface area contributed by atoms with E-state index >= 15 is 0 Å². The summed E-state index contributed by atoms with van der Waals surface area (Å²) in [5.74, 6) is -1.24. The van der Waals surface area contributed by atoms with Gasteiger partial charge in [-0.2, -0.15) is 0 Å². The van der Waals surface area contributed by atoms with Crippen LogP contribution in [-0.2, 0) is 6.54 Å². The molecule has 3 rings (SSSR count). The van der Waals surface area contributed by atoms with Gasteiger partial charge in [0.25, 0.3) is 5.56 Å². The number of carboxylic acids is 1. The predicted octanol–water partition coefficient (Wildman–Crippen LogP) is 0.806. The first-order chi connectivity index (χ1) is 9.54. The lowest BCUT2D eigenvalue weighted by Gasteiger charge is -2.22. The zero-order chi connectivity index (χ0) is 14.4. The number of aromatic nitrogens is 1. The van der Waals surface area contributed by atoms with Gasteiger partial charge in [0.1, 0.15) is 23.9 Å². The third-order valence-electron chi connectivity index (χ3n) is 3.29. The van der Waals surface area contributed by atoms with Crippen LogP contribution >= 0.6 is 0 Å². The van der Waals surface area contributed by atoms with Crippen LogP contribution in [0.4, 0.5) is 0 Å². The van der Waals surface area contributed by atoms with Gasteiger partial charge in [0.2, 0.25) is 0 Å². The van der Waals surface area contributed by atoms with E-state index in [1.807, 2.05) is 0 Å². The minimum absolute atomic E-state index is 0.219. The molecule has 0 fully saturated rings. The van der Waals surface area contributed by atoms with Crippen LogP contribution in [0.5, 0.6) is 17.2 Å². The van der Waals surface area contributed by atoms with Crippen molar-refractivity contribution in [1.82, 2.24) is 4.57 Å². The zero-order valence-electron chi connectivity index (χ0n) is 10.5. The summed E-state index contributed by atoms with van der Waals surface area (Å²) in [4.78, 5) is 23.3. The van der Waals surface area contributed by atoms with E-state index in [1.54, 1.807) is 6.07 Å². The van der Waals surface area contributed by atoms with Gasteiger partial charge in [-0.1, -0.05) is 0 Å². The van der Waals surface area contributed by atoms with Crippen molar-refractivity contribution in [3.63, 3.8) is 0 Å². The lowest BCUT2D eigenvalue weighted by molar-refractivity contribution is 0.0691. The first kappa shape index (κ1) is 12.3. The van der Waals surface area contributed by atoms with Crippen molar-refractivity contribution in [2.75, 3.05) is 13.7 Å². The van der Waals surface area contributed by atoms with Gasteiger partial charge in [0, 0.05) is 11.5 Å². The first-order valence-corrected chi connectivity index (χ1v) is 5.88. The maximum Gasteiger partial charge on any atom is 0.345 e. The van der Waals surface area contributed by atoms with E-state index in [9.17, 15) is 14.7 Å². The molecule has 0 spiro atoms. The fraction of sp³-hybridized carbons (Fsp3) is 0.231. The summed E-state index contributed by atoms with van der Waals surface area (Å²) in [6.45, 7) is 0.480. The Bertz CT molecular complexity index is 792. The SMILES string of the molecule is COc1cc2c3c(c1)c(O)c(C(=O)O)c(=O)n3CCO2. The first-order valence-electron chi connectivity index (χ1n) is 5.88. The van der Waals surface area contributed by atoms with Crippen LogP contribution in [0, 0.1) is 0 Å². The van der Waals surface area contributed by atoms with Crippen molar-refractivity contribution in [1.29, 1.82) is 0 Å². The number of pyridine rings is 1. The highest BCUT2D eigenvalue weighted by molar-refractivity contribution is 6.01. The van der Waals surface area contributed by atoms with Crippen LogP contribution in [0.1, 0.15) is 10.4 Å². The van der Waals surface area contributed by atoms with Crippen LogP contribution < -0.4 is 15.0 Å². The number of carbonyl (C=O) groups is 1. The second-order valence-corrected chi connectivity index (χ2v) is 4.36. The molecule has 7 nitrogen and oxygen atoms in total. The number of hydrogen-bond acceptors (Lipinski definition) is 5. The molecule has 1 aromatic carbocycles. The summed E-state index contributed by atoms with van der Waals surface area (Å²) in [7, 11) is 1.45. The normalized spacial score (nSPS) is 13.1. The van der Waals surface area contributed by atoms with Crippen LogP contribution in [0.25, 0.3) is 10.9 Å². The third-order valence-corrected chi connectivity index (χ3v) is 3.29. The van der Waals surface area contributed by atoms with Crippen LogP contribution in [0.15, 0.2) is 16.9 Å². The molecule has 0 atom stereocenters. The molecular formula is C13H11NO6. The van der Waals surface area contributed by atoms with Crippen LogP contribution in [-0.4, -0.2) is 34.5 Å². The minimum atomic E-state index is -1.46. The van der Waals surface area contributed by atoms with Gasteiger partial charge in [-0.15, -0.1) is 0 Å². The molecule has 2 heterocycles. The fourth-order valence-corrected chi connectivity index (χ4v) is 2.39. The summed E-state index contributed by atoms with van der Waals surface area (Å²) >= 11 is 0. The molecule has 1 aromatic heterocycles. The van der Waals surface area contributed by atoms with E-state index < -0.39 is 22.8 Å². The molecular weight excluding hydrogens is 266 g/mol. The topological polar surface area (TPSA) is 98.0 Å². The summed E-state index contributed by atoms with van der Waals surface area (Å²) < 4.78 is 11.8. The standard InChI is InChI=1S/C13H11NO6/c1-19-6-4-7-10-8(5-6)20-3-2-14(10)12(16)9(11(7)15)13(17)18/h4-5,15H,2-3H2,1H3,(H,17,18). The summed E-state index contributed by atoms with van der Waals surface area (Å²) in [6, 6.07) is 3.07. The molecule has 20 heavy (non-hydrogen) atoms. The Morgan fingerprint density at radius 3 is 2.85 bits per heavy atom. The molecule has 104 valence electrons. The average molecular weight is 277 g/mol. The molecule has 0 saturated heterocycles. The molecule has 0 bridgehead atoms. The number of aromatic carboxylic acids is 1. The molecule has 1 aliphatic heterocycles. The van der Waals surface area contributed by atoms with E-state index in [-0.39, 0.29) is 18.5 Å². The van der Waals surface area contributed by atoms with Crippen molar-refractivity contribution in [2.45, 2.75) is 6.54 Å². The van der Waals surface area contributed by atoms with Crippen molar-refractivity contribution in [3.05, 3.63) is 28.0 Å². The van der Waals surface area contributed by atoms with Gasteiger partial charge >= 0.3 is 5.97 Å². The van der Waals surface area contributed by atoms with E-state index in [0.717, 1.165) is 0 Å². The van der Waals surface area contributed by atoms with Gasteiger partial charge in [0.15, 0.2) is 5.56 Å². The van der Waals surface area contributed by atoms with Crippen LogP contribution in [0.3, 0.4) is 0 Å². The minimum Gasteiger partial charge on any atom is -0.506 e. The van der Waals surface area contributed by atoms with E-state index in [0.29, 0.717) is 17.0 Å². The Hall–Kier alpha value is -2.70. The maximum atomic E-state index is 12.2. The summed E-state index contributed by atoms with van der Waals surface area (Å²) in [6.07, 6.45) is 0. The smallest absolute Gasteiger partial charge is 0.345 e. The number of methoxy groups -OCH3 is 1. The van der Waals surface area contributed by atoms with Crippen molar-refractivity contribution in [3.8, 4) is 17.2 Å². The highest BCUT2D eigenvalue weighted by Gasteiger charge is 2.26. The third kappa shape index (κ3) is 1.52. The monoisotopic (exact) mass is 277 g/mol. The van der Waals surface area contributed by atoms with Gasteiger partial charge in [-0.25, -0.2) is 4.79 Å². The number of rotatable bonds is 2. The Morgan fingerprint density at radius 1 is 1.45 bits per heavy atom. The fourth-order valence-electron chi connectivity index (χ4n) is 2.39. The van der Waals surface area contributed by atoms with E-state index in [2.05, 4.69) is 0 Å².